The van der Waals surface area contributed by atoms with Gasteiger partial charge in [0, 0.05) is 19.2 Å². The molecule has 0 amide bonds. The minimum atomic E-state index is 0.273. The van der Waals surface area contributed by atoms with Gasteiger partial charge in [0.25, 0.3) is 0 Å². The Morgan fingerprint density at radius 2 is 2.21 bits per heavy atom. The van der Waals surface area contributed by atoms with Crippen LogP contribution in [0.5, 0.6) is 0 Å². The first-order valence-electron chi connectivity index (χ1n) is 7.11. The van der Waals surface area contributed by atoms with Crippen molar-refractivity contribution < 1.29 is 9.63 Å². The lowest BCUT2D eigenvalue weighted by molar-refractivity contribution is 0.126. The number of piperidine rings is 1. The molecular formula is C14H25N3O2. The van der Waals surface area contributed by atoms with Gasteiger partial charge in [0.05, 0.1) is 18.8 Å². The molecule has 0 saturated carbocycles. The van der Waals surface area contributed by atoms with Crippen LogP contribution in [0.25, 0.3) is 0 Å². The van der Waals surface area contributed by atoms with Crippen LogP contribution >= 0.6 is 0 Å². The Bertz CT molecular complexity index is 373. The van der Waals surface area contributed by atoms with Crippen LogP contribution < -0.4 is 0 Å². The maximum Gasteiger partial charge on any atom is 0.150 e. The van der Waals surface area contributed by atoms with Gasteiger partial charge in [-0.1, -0.05) is 5.16 Å². The van der Waals surface area contributed by atoms with Crippen LogP contribution in [0, 0.1) is 12.8 Å². The van der Waals surface area contributed by atoms with Crippen molar-refractivity contribution in [3.05, 3.63) is 17.5 Å². The molecule has 108 valence electrons. The van der Waals surface area contributed by atoms with Gasteiger partial charge in [-0.2, -0.15) is 0 Å². The van der Waals surface area contributed by atoms with Crippen LogP contribution in [0.3, 0.4) is 0 Å². The SMILES string of the molecule is Cc1cc(CN(C)CC2CCN(CCO)CC2)on1. The summed E-state index contributed by atoms with van der Waals surface area (Å²) >= 11 is 0. The lowest BCUT2D eigenvalue weighted by Crippen LogP contribution is -2.38. The van der Waals surface area contributed by atoms with E-state index in [2.05, 4.69) is 22.0 Å². The Labute approximate surface area is 115 Å². The van der Waals surface area contributed by atoms with E-state index < -0.39 is 0 Å². The van der Waals surface area contributed by atoms with E-state index >= 15 is 0 Å². The highest BCUT2D eigenvalue weighted by Crippen LogP contribution is 2.18. The molecule has 5 nitrogen and oxygen atoms in total. The van der Waals surface area contributed by atoms with Gasteiger partial charge in [-0.3, -0.25) is 4.90 Å². The number of β-amino-alcohol motifs (C(OH)–C–C–N with tert-alkyl or cyclic N) is 1. The molecule has 1 aliphatic rings. The maximum atomic E-state index is 8.93. The second-order valence-corrected chi connectivity index (χ2v) is 5.64. The largest absolute Gasteiger partial charge is 0.395 e. The first-order chi connectivity index (χ1) is 9.17. The molecule has 1 aromatic heterocycles. The quantitative estimate of drug-likeness (QED) is 0.837. The lowest BCUT2D eigenvalue weighted by Gasteiger charge is -2.33. The van der Waals surface area contributed by atoms with Gasteiger partial charge in [0.2, 0.25) is 0 Å². The van der Waals surface area contributed by atoms with Crippen molar-refractivity contribution in [1.82, 2.24) is 15.0 Å². The highest BCUT2D eigenvalue weighted by atomic mass is 16.5. The first-order valence-corrected chi connectivity index (χ1v) is 7.11. The Balaban J connectivity index is 1.70. The standard InChI is InChI=1S/C14H25N3O2/c1-12-9-14(19-15-12)11-16(2)10-13-3-5-17(6-4-13)7-8-18/h9,13,18H,3-8,10-11H2,1-2H3. The number of aromatic nitrogens is 1. The van der Waals surface area contributed by atoms with Gasteiger partial charge in [-0.05, 0) is 45.8 Å². The maximum absolute atomic E-state index is 8.93. The van der Waals surface area contributed by atoms with Crippen molar-refractivity contribution in [1.29, 1.82) is 0 Å². The van der Waals surface area contributed by atoms with E-state index in [1.54, 1.807) is 0 Å². The van der Waals surface area contributed by atoms with Crippen molar-refractivity contribution in [2.45, 2.75) is 26.3 Å². The molecule has 1 N–H and O–H groups in total. The Kier molecular flexibility index (Phi) is 5.36. The zero-order valence-corrected chi connectivity index (χ0v) is 12.0. The van der Waals surface area contributed by atoms with Gasteiger partial charge in [-0.15, -0.1) is 0 Å². The second kappa shape index (κ2) is 7.03. The highest BCUT2D eigenvalue weighted by molar-refractivity contribution is 5.02. The summed E-state index contributed by atoms with van der Waals surface area (Å²) in [7, 11) is 2.14. The predicted molar refractivity (Wildman–Crippen MR) is 73.8 cm³/mol. The van der Waals surface area contributed by atoms with Crippen molar-refractivity contribution >= 4 is 0 Å². The molecule has 1 aromatic rings. The number of nitrogens with zero attached hydrogens (tertiary/aromatic N) is 3. The fourth-order valence-electron chi connectivity index (χ4n) is 2.80. The monoisotopic (exact) mass is 267 g/mol. The normalized spacial score (nSPS) is 18.3. The summed E-state index contributed by atoms with van der Waals surface area (Å²) in [5, 5.41) is 12.8. The molecule has 19 heavy (non-hydrogen) atoms. The summed E-state index contributed by atoms with van der Waals surface area (Å²) in [6.07, 6.45) is 2.44. The van der Waals surface area contributed by atoms with E-state index in [1.807, 2.05) is 13.0 Å². The fraction of sp³-hybridized carbons (Fsp3) is 0.786. The number of hydrogen-bond donors (Lipinski definition) is 1. The average Bonchev–Trinajstić information content (AvgIpc) is 2.77. The van der Waals surface area contributed by atoms with Gasteiger partial charge in [-0.25, -0.2) is 0 Å². The highest BCUT2D eigenvalue weighted by Gasteiger charge is 2.20. The number of aryl methyl sites for hydroxylation is 1. The molecular weight excluding hydrogens is 242 g/mol. The molecule has 0 unspecified atom stereocenters. The average molecular weight is 267 g/mol. The number of aliphatic hydroxyl groups is 1. The molecule has 5 heteroatoms. The van der Waals surface area contributed by atoms with Crippen molar-refractivity contribution in [3.63, 3.8) is 0 Å². The summed E-state index contributed by atoms with van der Waals surface area (Å²) in [4.78, 5) is 4.66. The third-order valence-corrected chi connectivity index (χ3v) is 3.80. The number of rotatable bonds is 6. The fourth-order valence-corrected chi connectivity index (χ4v) is 2.80. The minimum Gasteiger partial charge on any atom is -0.395 e. The van der Waals surface area contributed by atoms with E-state index in [-0.39, 0.29) is 6.61 Å². The topological polar surface area (TPSA) is 52.7 Å². The zero-order chi connectivity index (χ0) is 13.7. The van der Waals surface area contributed by atoms with Crippen LogP contribution in [0.4, 0.5) is 0 Å². The molecule has 2 rings (SSSR count). The van der Waals surface area contributed by atoms with Crippen molar-refractivity contribution in [2.24, 2.45) is 5.92 Å². The molecule has 1 saturated heterocycles. The minimum absolute atomic E-state index is 0.273. The van der Waals surface area contributed by atoms with Crippen LogP contribution in [0.15, 0.2) is 10.6 Å². The molecule has 0 aliphatic carbocycles. The Morgan fingerprint density at radius 3 is 2.79 bits per heavy atom. The molecule has 0 radical (unpaired) electrons. The number of hydrogen-bond acceptors (Lipinski definition) is 5. The van der Waals surface area contributed by atoms with E-state index in [0.29, 0.717) is 0 Å². The van der Waals surface area contributed by atoms with Gasteiger partial charge >= 0.3 is 0 Å². The predicted octanol–water partition coefficient (Wildman–Crippen LogP) is 1.12. The number of likely N-dealkylation sites (tertiary alicyclic amines) is 1. The zero-order valence-electron chi connectivity index (χ0n) is 12.0. The Morgan fingerprint density at radius 1 is 1.47 bits per heavy atom. The molecule has 0 atom stereocenters. The van der Waals surface area contributed by atoms with Crippen molar-refractivity contribution in [2.75, 3.05) is 39.8 Å². The van der Waals surface area contributed by atoms with Crippen LogP contribution in [-0.4, -0.2) is 59.9 Å². The van der Waals surface area contributed by atoms with E-state index in [1.165, 1.54) is 12.8 Å². The van der Waals surface area contributed by atoms with E-state index in [9.17, 15) is 0 Å². The first kappa shape index (κ1) is 14.5. The van der Waals surface area contributed by atoms with Crippen LogP contribution in [0.2, 0.25) is 0 Å². The summed E-state index contributed by atoms with van der Waals surface area (Å²) in [6, 6.07) is 2.00. The smallest absolute Gasteiger partial charge is 0.150 e. The summed E-state index contributed by atoms with van der Waals surface area (Å²) in [6.45, 7) is 7.20. The lowest BCUT2D eigenvalue weighted by atomic mass is 9.96. The third kappa shape index (κ3) is 4.60. The molecule has 0 bridgehead atoms. The molecule has 1 aliphatic heterocycles. The number of aliphatic hydroxyl groups excluding tert-OH is 1. The van der Waals surface area contributed by atoms with Crippen LogP contribution in [0.1, 0.15) is 24.3 Å². The molecule has 2 heterocycles. The summed E-state index contributed by atoms with van der Waals surface area (Å²) in [5.74, 6) is 1.70. The summed E-state index contributed by atoms with van der Waals surface area (Å²) in [5.41, 5.74) is 0.945. The molecule has 0 aromatic carbocycles. The second-order valence-electron chi connectivity index (χ2n) is 5.64. The van der Waals surface area contributed by atoms with Gasteiger partial charge in [0.15, 0.2) is 5.76 Å². The van der Waals surface area contributed by atoms with E-state index in [0.717, 1.165) is 50.1 Å². The Hall–Kier alpha value is -0.910. The molecule has 1 fully saturated rings. The van der Waals surface area contributed by atoms with Crippen LogP contribution in [-0.2, 0) is 6.54 Å². The molecule has 0 spiro atoms. The van der Waals surface area contributed by atoms with Gasteiger partial charge < -0.3 is 14.5 Å². The van der Waals surface area contributed by atoms with Gasteiger partial charge in [0.1, 0.15) is 0 Å². The summed E-state index contributed by atoms with van der Waals surface area (Å²) < 4.78 is 5.25. The van der Waals surface area contributed by atoms with Crippen molar-refractivity contribution in [3.8, 4) is 0 Å². The third-order valence-electron chi connectivity index (χ3n) is 3.80. The van der Waals surface area contributed by atoms with E-state index in [4.69, 9.17) is 9.63 Å².